The molecule has 1 aromatic heterocycles. The fourth-order valence-corrected chi connectivity index (χ4v) is 1.93. The molecule has 0 saturated heterocycles. The van der Waals surface area contributed by atoms with Gasteiger partial charge in [-0.3, -0.25) is 0 Å². The molecule has 2 rings (SSSR count). The molecule has 1 atom stereocenters. The van der Waals surface area contributed by atoms with Gasteiger partial charge in [-0.25, -0.2) is 0 Å². The van der Waals surface area contributed by atoms with E-state index in [-0.39, 0.29) is 0 Å². The lowest BCUT2D eigenvalue weighted by molar-refractivity contribution is 0.0138. The Hall–Kier alpha value is -0.760. The summed E-state index contributed by atoms with van der Waals surface area (Å²) < 4.78 is 4.99. The largest absolute Gasteiger partial charge is 0.472 e. The minimum absolute atomic E-state index is 0.482. The van der Waals surface area contributed by atoms with Crippen molar-refractivity contribution in [3.63, 3.8) is 0 Å². The molecule has 1 fully saturated rings. The number of hydrogen-bond acceptors (Lipinski definition) is 2. The molecule has 0 spiro atoms. The van der Waals surface area contributed by atoms with Crippen LogP contribution in [0, 0.1) is 5.92 Å². The molecule has 1 heterocycles. The van der Waals surface area contributed by atoms with Crippen LogP contribution in [0.2, 0.25) is 0 Å². The van der Waals surface area contributed by atoms with Crippen molar-refractivity contribution in [2.75, 3.05) is 0 Å². The smallest absolute Gasteiger partial charge is 0.0935 e. The first-order chi connectivity index (χ1) is 6.24. The summed E-state index contributed by atoms with van der Waals surface area (Å²) in [5.41, 5.74) is 0.625. The zero-order valence-electron chi connectivity index (χ0n) is 7.99. The SMILES string of the molecule is CCC(O)(Cc1ccoc1)C1CC1. The van der Waals surface area contributed by atoms with Crippen LogP contribution in [0.1, 0.15) is 31.7 Å². The summed E-state index contributed by atoms with van der Waals surface area (Å²) in [6, 6.07) is 1.93. The maximum atomic E-state index is 10.3. The average Bonchev–Trinajstić information content (AvgIpc) is 2.88. The molecule has 13 heavy (non-hydrogen) atoms. The molecule has 1 saturated carbocycles. The molecule has 1 aliphatic carbocycles. The van der Waals surface area contributed by atoms with Gasteiger partial charge in [-0.2, -0.15) is 0 Å². The van der Waals surface area contributed by atoms with Crippen molar-refractivity contribution < 1.29 is 9.52 Å². The summed E-state index contributed by atoms with van der Waals surface area (Å²) in [6.07, 6.45) is 7.33. The first-order valence-corrected chi connectivity index (χ1v) is 4.98. The fraction of sp³-hybridized carbons (Fsp3) is 0.636. The van der Waals surface area contributed by atoms with Crippen LogP contribution < -0.4 is 0 Å². The van der Waals surface area contributed by atoms with Gasteiger partial charge in [0.25, 0.3) is 0 Å². The zero-order chi connectivity index (χ0) is 9.31. The van der Waals surface area contributed by atoms with Crippen LogP contribution in [0.5, 0.6) is 0 Å². The molecule has 2 heteroatoms. The van der Waals surface area contributed by atoms with Crippen molar-refractivity contribution in [2.24, 2.45) is 5.92 Å². The molecule has 0 radical (unpaired) electrons. The van der Waals surface area contributed by atoms with E-state index in [0.717, 1.165) is 18.4 Å². The topological polar surface area (TPSA) is 33.4 Å². The number of rotatable bonds is 4. The zero-order valence-corrected chi connectivity index (χ0v) is 7.99. The van der Waals surface area contributed by atoms with E-state index in [1.165, 1.54) is 12.8 Å². The summed E-state index contributed by atoms with van der Waals surface area (Å²) in [6.45, 7) is 2.05. The van der Waals surface area contributed by atoms with Gasteiger partial charge in [0.05, 0.1) is 18.1 Å². The standard InChI is InChI=1S/C11H16O2/c1-2-11(12,10-3-4-10)7-9-5-6-13-8-9/h5-6,8,10,12H,2-4,7H2,1H3. The maximum absolute atomic E-state index is 10.3. The lowest BCUT2D eigenvalue weighted by atomic mass is 9.88. The van der Waals surface area contributed by atoms with E-state index in [4.69, 9.17) is 4.42 Å². The molecule has 0 bridgehead atoms. The average molecular weight is 180 g/mol. The lowest BCUT2D eigenvalue weighted by Crippen LogP contribution is -2.32. The summed E-state index contributed by atoms with van der Waals surface area (Å²) in [4.78, 5) is 0. The predicted octanol–water partition coefficient (Wildman–Crippen LogP) is 2.37. The van der Waals surface area contributed by atoms with Crippen molar-refractivity contribution in [3.05, 3.63) is 24.2 Å². The van der Waals surface area contributed by atoms with Gasteiger partial charge in [0.2, 0.25) is 0 Å². The van der Waals surface area contributed by atoms with Crippen molar-refractivity contribution in [1.82, 2.24) is 0 Å². The van der Waals surface area contributed by atoms with Crippen LogP contribution in [0.4, 0.5) is 0 Å². The Morgan fingerprint density at radius 3 is 2.85 bits per heavy atom. The third kappa shape index (κ3) is 1.78. The summed E-state index contributed by atoms with van der Waals surface area (Å²) in [5, 5.41) is 10.3. The van der Waals surface area contributed by atoms with Crippen molar-refractivity contribution in [3.8, 4) is 0 Å². The Kier molecular flexibility index (Phi) is 2.16. The highest BCUT2D eigenvalue weighted by Crippen LogP contribution is 2.43. The molecular weight excluding hydrogens is 164 g/mol. The maximum Gasteiger partial charge on any atom is 0.0935 e. The second-order valence-electron chi connectivity index (χ2n) is 4.04. The van der Waals surface area contributed by atoms with Gasteiger partial charge in [0, 0.05) is 6.42 Å². The van der Waals surface area contributed by atoms with E-state index in [9.17, 15) is 5.11 Å². The fourth-order valence-electron chi connectivity index (χ4n) is 1.93. The Morgan fingerprint density at radius 1 is 1.62 bits per heavy atom. The third-order valence-corrected chi connectivity index (χ3v) is 3.04. The van der Waals surface area contributed by atoms with E-state index < -0.39 is 5.60 Å². The second-order valence-corrected chi connectivity index (χ2v) is 4.04. The van der Waals surface area contributed by atoms with Crippen molar-refractivity contribution in [2.45, 2.75) is 38.2 Å². The van der Waals surface area contributed by atoms with Crippen molar-refractivity contribution >= 4 is 0 Å². The van der Waals surface area contributed by atoms with Gasteiger partial charge >= 0.3 is 0 Å². The van der Waals surface area contributed by atoms with E-state index in [0.29, 0.717) is 5.92 Å². The van der Waals surface area contributed by atoms with E-state index in [2.05, 4.69) is 6.92 Å². The molecule has 1 aliphatic rings. The van der Waals surface area contributed by atoms with Gasteiger partial charge < -0.3 is 9.52 Å². The molecule has 1 aromatic rings. The van der Waals surface area contributed by atoms with Crippen LogP contribution in [-0.4, -0.2) is 10.7 Å². The van der Waals surface area contributed by atoms with Gasteiger partial charge in [-0.15, -0.1) is 0 Å². The van der Waals surface area contributed by atoms with Crippen LogP contribution >= 0.6 is 0 Å². The van der Waals surface area contributed by atoms with E-state index in [1.807, 2.05) is 6.07 Å². The van der Waals surface area contributed by atoms with Crippen molar-refractivity contribution in [1.29, 1.82) is 0 Å². The summed E-state index contributed by atoms with van der Waals surface area (Å²) in [7, 11) is 0. The Bertz CT molecular complexity index is 262. The van der Waals surface area contributed by atoms with Crippen LogP contribution in [0.3, 0.4) is 0 Å². The molecule has 0 amide bonds. The van der Waals surface area contributed by atoms with E-state index in [1.54, 1.807) is 12.5 Å². The highest BCUT2D eigenvalue weighted by molar-refractivity contribution is 5.11. The van der Waals surface area contributed by atoms with Crippen LogP contribution in [0.15, 0.2) is 23.0 Å². The van der Waals surface area contributed by atoms with Gasteiger partial charge in [-0.05, 0) is 36.8 Å². The van der Waals surface area contributed by atoms with Gasteiger partial charge in [0.15, 0.2) is 0 Å². The minimum atomic E-state index is -0.482. The van der Waals surface area contributed by atoms with Crippen LogP contribution in [0.25, 0.3) is 0 Å². The van der Waals surface area contributed by atoms with E-state index >= 15 is 0 Å². The highest BCUT2D eigenvalue weighted by atomic mass is 16.3. The molecule has 0 aromatic carbocycles. The third-order valence-electron chi connectivity index (χ3n) is 3.04. The molecule has 1 unspecified atom stereocenters. The number of furan rings is 1. The Morgan fingerprint density at radius 2 is 2.38 bits per heavy atom. The number of hydrogen-bond donors (Lipinski definition) is 1. The Balaban J connectivity index is 2.05. The Labute approximate surface area is 78.6 Å². The first-order valence-electron chi connectivity index (χ1n) is 4.98. The normalized spacial score (nSPS) is 21.4. The molecule has 2 nitrogen and oxygen atoms in total. The summed E-state index contributed by atoms with van der Waals surface area (Å²) in [5.74, 6) is 0.521. The number of aliphatic hydroxyl groups is 1. The van der Waals surface area contributed by atoms with Crippen LogP contribution in [-0.2, 0) is 6.42 Å². The van der Waals surface area contributed by atoms with Gasteiger partial charge in [-0.1, -0.05) is 6.92 Å². The minimum Gasteiger partial charge on any atom is -0.472 e. The monoisotopic (exact) mass is 180 g/mol. The first kappa shape index (κ1) is 8.82. The molecule has 0 aliphatic heterocycles. The highest BCUT2D eigenvalue weighted by Gasteiger charge is 2.42. The predicted molar refractivity (Wildman–Crippen MR) is 50.4 cm³/mol. The lowest BCUT2D eigenvalue weighted by Gasteiger charge is -2.25. The van der Waals surface area contributed by atoms with Gasteiger partial charge in [0.1, 0.15) is 0 Å². The quantitative estimate of drug-likeness (QED) is 0.771. The second kappa shape index (κ2) is 3.18. The molecular formula is C11H16O2. The summed E-state index contributed by atoms with van der Waals surface area (Å²) >= 11 is 0. The molecule has 72 valence electrons. The molecule has 1 N–H and O–H groups in total.